The van der Waals surface area contributed by atoms with E-state index in [2.05, 4.69) is 39.1 Å². The molecular formula is C34H38N2O3S. The summed E-state index contributed by atoms with van der Waals surface area (Å²) in [4.78, 5) is 26.7. The zero-order chi connectivity index (χ0) is 29.1. The van der Waals surface area contributed by atoms with Crippen LogP contribution in [-0.2, 0) is 16.0 Å². The average molecular weight is 555 g/mol. The molecule has 3 aliphatic carbocycles. The van der Waals surface area contributed by atoms with Gasteiger partial charge in [-0.1, -0.05) is 37.4 Å². The van der Waals surface area contributed by atoms with Gasteiger partial charge >= 0.3 is 5.97 Å². The van der Waals surface area contributed by atoms with Crippen LogP contribution in [0.5, 0.6) is 0 Å². The van der Waals surface area contributed by atoms with Gasteiger partial charge in [-0.2, -0.15) is 0 Å². The van der Waals surface area contributed by atoms with E-state index in [9.17, 15) is 9.59 Å². The molecule has 0 bridgehead atoms. The van der Waals surface area contributed by atoms with Crippen LogP contribution in [0.2, 0.25) is 0 Å². The lowest BCUT2D eigenvalue weighted by atomic mass is 9.58. The fourth-order valence-electron chi connectivity index (χ4n) is 7.29. The van der Waals surface area contributed by atoms with Gasteiger partial charge in [-0.25, -0.2) is 4.79 Å². The van der Waals surface area contributed by atoms with E-state index in [1.165, 1.54) is 11.1 Å². The molecule has 0 spiro atoms. The summed E-state index contributed by atoms with van der Waals surface area (Å²) < 4.78 is 4.72. The van der Waals surface area contributed by atoms with Crippen molar-refractivity contribution in [2.24, 2.45) is 23.3 Å². The number of fused-ring (bicyclic) bond motifs is 3. The highest BCUT2D eigenvalue weighted by Crippen LogP contribution is 2.59. The molecule has 3 aliphatic rings. The fourth-order valence-corrected chi connectivity index (χ4v) is 8.51. The van der Waals surface area contributed by atoms with Crippen molar-refractivity contribution in [3.63, 3.8) is 0 Å². The van der Waals surface area contributed by atoms with Crippen LogP contribution in [0.25, 0.3) is 16.7 Å². The van der Waals surface area contributed by atoms with Gasteiger partial charge in [0.2, 0.25) is 0 Å². The van der Waals surface area contributed by atoms with Gasteiger partial charge in [-0.15, -0.1) is 11.8 Å². The second-order valence-corrected chi connectivity index (χ2v) is 12.6. The molecule has 0 saturated carbocycles. The first kappa shape index (κ1) is 28.0. The van der Waals surface area contributed by atoms with Crippen LogP contribution in [0, 0.1) is 18.8 Å². The molecule has 0 amide bonds. The number of thioether (sulfide) groups is 1. The summed E-state index contributed by atoms with van der Waals surface area (Å²) in [7, 11) is 0. The van der Waals surface area contributed by atoms with Crippen molar-refractivity contribution in [3.8, 4) is 11.1 Å². The first-order chi connectivity index (χ1) is 18.9. The molecule has 3 unspecified atom stereocenters. The maximum absolute atomic E-state index is 14.1. The number of benzene rings is 2. The number of carbonyl (C=O) groups excluding carboxylic acids is 2. The number of hydrogen-bond acceptors (Lipinski definition) is 6. The number of ketones is 1. The van der Waals surface area contributed by atoms with Crippen LogP contribution in [0.1, 0.15) is 60.7 Å². The molecule has 0 aromatic heterocycles. The molecule has 0 radical (unpaired) electrons. The Morgan fingerprint density at radius 1 is 1.18 bits per heavy atom. The highest BCUT2D eigenvalue weighted by Gasteiger charge is 2.56. The summed E-state index contributed by atoms with van der Waals surface area (Å²) >= 11 is 1.59. The molecule has 2 aromatic rings. The van der Waals surface area contributed by atoms with E-state index >= 15 is 0 Å². The molecule has 4 N–H and O–H groups in total. The third kappa shape index (κ3) is 4.15. The van der Waals surface area contributed by atoms with Crippen molar-refractivity contribution in [1.82, 2.24) is 0 Å². The molecule has 0 fully saturated rings. The van der Waals surface area contributed by atoms with Crippen molar-refractivity contribution in [3.05, 3.63) is 99.9 Å². The quantitative estimate of drug-likeness (QED) is 0.409. The molecular weight excluding hydrogens is 516 g/mol. The molecule has 0 heterocycles. The van der Waals surface area contributed by atoms with E-state index < -0.39 is 4.75 Å². The highest BCUT2D eigenvalue weighted by atomic mass is 32.2. The summed E-state index contributed by atoms with van der Waals surface area (Å²) in [6.45, 7) is 16.4. The van der Waals surface area contributed by atoms with Gasteiger partial charge in [0.1, 0.15) is 4.75 Å². The number of nitrogens with two attached hydrogens (primary N) is 2. The third-order valence-electron chi connectivity index (χ3n) is 8.86. The maximum atomic E-state index is 14.1. The zero-order valence-corrected chi connectivity index (χ0v) is 24.8. The van der Waals surface area contributed by atoms with Gasteiger partial charge in [0, 0.05) is 11.4 Å². The monoisotopic (exact) mass is 554 g/mol. The second kappa shape index (κ2) is 10.2. The Kier molecular flexibility index (Phi) is 7.11. The number of aryl methyl sites for hydroxylation is 1. The van der Waals surface area contributed by atoms with Crippen molar-refractivity contribution in [1.29, 1.82) is 0 Å². The predicted octanol–water partition coefficient (Wildman–Crippen LogP) is 6.51. The number of hydrogen-bond donors (Lipinski definition) is 2. The minimum absolute atomic E-state index is 0.0288. The lowest BCUT2D eigenvalue weighted by molar-refractivity contribution is -0.118. The summed E-state index contributed by atoms with van der Waals surface area (Å²) in [5.41, 5.74) is 23.0. The van der Waals surface area contributed by atoms with E-state index in [-0.39, 0.29) is 35.4 Å². The van der Waals surface area contributed by atoms with Crippen molar-refractivity contribution in [2.75, 3.05) is 6.26 Å². The van der Waals surface area contributed by atoms with Crippen LogP contribution in [0.15, 0.2) is 77.7 Å². The Bertz CT molecular complexity index is 1550. The van der Waals surface area contributed by atoms with Crippen LogP contribution in [-0.4, -0.2) is 28.9 Å². The van der Waals surface area contributed by atoms with Crippen molar-refractivity contribution in [2.45, 2.75) is 57.8 Å². The minimum Gasteiger partial charge on any atom is -0.459 e. The second-order valence-electron chi connectivity index (χ2n) is 11.6. The number of carbonyl (C=O) groups is 2. The average Bonchev–Trinajstić information content (AvgIpc) is 2.88. The Morgan fingerprint density at radius 3 is 2.55 bits per heavy atom. The normalized spacial score (nSPS) is 24.1. The largest absolute Gasteiger partial charge is 0.459 e. The number of ether oxygens (including phenoxy) is 1. The third-order valence-corrected chi connectivity index (χ3v) is 10.3. The van der Waals surface area contributed by atoms with E-state index in [1.54, 1.807) is 17.8 Å². The molecule has 0 aliphatic heterocycles. The summed E-state index contributed by atoms with van der Waals surface area (Å²) in [5.74, 6) is -0.0819. The Labute approximate surface area is 241 Å². The van der Waals surface area contributed by atoms with Crippen LogP contribution < -0.4 is 11.5 Å². The summed E-state index contributed by atoms with van der Waals surface area (Å²) in [5, 5.41) is 0. The van der Waals surface area contributed by atoms with Gasteiger partial charge in [-0.05, 0) is 122 Å². The first-order valence-electron chi connectivity index (χ1n) is 13.8. The van der Waals surface area contributed by atoms with E-state index in [0.717, 1.165) is 46.2 Å². The topological polar surface area (TPSA) is 95.4 Å². The highest BCUT2D eigenvalue weighted by molar-refractivity contribution is 8.01. The summed E-state index contributed by atoms with van der Waals surface area (Å²) in [6, 6.07) is 11.9. The lowest BCUT2D eigenvalue weighted by Crippen LogP contribution is -2.53. The Balaban J connectivity index is 1.65. The SMILES string of the molecule is C=C(N)C1=C(N)CC2CC3Cc4c(-c5cccc(C(=O)OC(C)C)c5)ccc(C)c4C(=C)C3=C(C)C2(SC)C1=O. The Morgan fingerprint density at radius 2 is 1.90 bits per heavy atom. The van der Waals surface area contributed by atoms with Gasteiger partial charge in [0.05, 0.1) is 17.2 Å². The van der Waals surface area contributed by atoms with Crippen molar-refractivity contribution < 1.29 is 14.3 Å². The van der Waals surface area contributed by atoms with Gasteiger partial charge in [-0.3, -0.25) is 4.79 Å². The van der Waals surface area contributed by atoms with Crippen LogP contribution in [0.3, 0.4) is 0 Å². The number of rotatable bonds is 5. The number of esters is 1. The minimum atomic E-state index is -0.733. The molecule has 3 atom stereocenters. The van der Waals surface area contributed by atoms with Crippen molar-refractivity contribution >= 4 is 29.1 Å². The van der Waals surface area contributed by atoms with Gasteiger partial charge in [0.25, 0.3) is 0 Å². The van der Waals surface area contributed by atoms with Crippen LogP contribution in [0.4, 0.5) is 0 Å². The molecule has 5 nitrogen and oxygen atoms in total. The molecule has 208 valence electrons. The Hall–Kier alpha value is -3.51. The molecule has 6 heteroatoms. The number of allylic oxidation sites excluding steroid dienone is 4. The predicted molar refractivity (Wildman–Crippen MR) is 165 cm³/mol. The smallest absolute Gasteiger partial charge is 0.338 e. The van der Waals surface area contributed by atoms with E-state index in [4.69, 9.17) is 16.2 Å². The lowest BCUT2D eigenvalue weighted by Gasteiger charge is -2.51. The summed E-state index contributed by atoms with van der Waals surface area (Å²) in [6.07, 6.45) is 4.09. The molecule has 40 heavy (non-hydrogen) atoms. The molecule has 5 rings (SSSR count). The van der Waals surface area contributed by atoms with Gasteiger partial charge < -0.3 is 16.2 Å². The molecule has 2 aromatic carbocycles. The van der Waals surface area contributed by atoms with E-state index in [0.29, 0.717) is 23.3 Å². The molecule has 0 saturated heterocycles. The van der Waals surface area contributed by atoms with Gasteiger partial charge in [0.15, 0.2) is 5.78 Å². The fraction of sp³-hybridized carbons (Fsp3) is 0.353. The standard InChI is InChI=1S/C34H38N2O3S/c1-17(2)39-33(38)23-10-8-9-22(13-23)26-12-11-18(3)29-19(4)30-20(5)34(40-7)25(14-24(30)15-27(26)29)16-28(36)31(21(6)35)32(34)37/h8-13,17,24-25H,4,6,14-16,35-36H2,1-3,5,7H3. The zero-order valence-electron chi connectivity index (χ0n) is 24.0. The van der Waals surface area contributed by atoms with Crippen LogP contribution >= 0.6 is 11.8 Å². The maximum Gasteiger partial charge on any atom is 0.338 e. The number of Topliss-reactive ketones (excluding diaryl/α,β-unsaturated/α-hetero) is 1. The first-order valence-corrected chi connectivity index (χ1v) is 15.0. The van der Waals surface area contributed by atoms with E-state index in [1.807, 2.05) is 38.3 Å².